The fraction of sp³-hybridized carbons (Fsp3) is 0.455. The zero-order valence-corrected chi connectivity index (χ0v) is 11.4. The van der Waals surface area contributed by atoms with Gasteiger partial charge in [0.15, 0.2) is 0 Å². The average Bonchev–Trinajstić information content (AvgIpc) is 2.08. The predicted molar refractivity (Wildman–Crippen MR) is 67.2 cm³/mol. The molecule has 0 aromatic heterocycles. The highest BCUT2D eigenvalue weighted by Gasteiger charge is 2.25. The van der Waals surface area contributed by atoms with Crippen molar-refractivity contribution < 1.29 is 5.11 Å². The maximum Gasteiger partial charge on any atom is 0.134 e. The Morgan fingerprint density at radius 1 is 1.40 bits per heavy atom. The van der Waals surface area contributed by atoms with E-state index in [4.69, 9.17) is 17.3 Å². The lowest BCUT2D eigenvalue weighted by Crippen LogP contribution is -2.26. The van der Waals surface area contributed by atoms with Gasteiger partial charge < -0.3 is 10.8 Å². The van der Waals surface area contributed by atoms with Crippen LogP contribution in [0.1, 0.15) is 32.4 Å². The van der Waals surface area contributed by atoms with Gasteiger partial charge in [0.1, 0.15) is 5.75 Å². The van der Waals surface area contributed by atoms with Crippen LogP contribution in [0.4, 0.5) is 0 Å². The van der Waals surface area contributed by atoms with Gasteiger partial charge in [0.25, 0.3) is 0 Å². The van der Waals surface area contributed by atoms with Gasteiger partial charge in [-0.2, -0.15) is 0 Å². The van der Waals surface area contributed by atoms with Crippen molar-refractivity contribution in [3.8, 4) is 5.75 Å². The van der Waals surface area contributed by atoms with Crippen LogP contribution in [-0.2, 0) is 0 Å². The van der Waals surface area contributed by atoms with Crippen molar-refractivity contribution in [2.75, 3.05) is 0 Å². The van der Waals surface area contributed by atoms with Gasteiger partial charge in [0.2, 0.25) is 0 Å². The standard InChI is InChI=1S/C11H15BrClNO/c1-11(2,3)10(14)7-4-6(13)5-8(12)9(7)15/h4-5,10,15H,14H2,1-3H3/t10-/m1/s1. The van der Waals surface area contributed by atoms with Crippen LogP contribution in [0, 0.1) is 5.41 Å². The van der Waals surface area contributed by atoms with E-state index in [1.54, 1.807) is 12.1 Å². The van der Waals surface area contributed by atoms with Gasteiger partial charge in [-0.3, -0.25) is 0 Å². The summed E-state index contributed by atoms with van der Waals surface area (Å²) in [5.41, 5.74) is 6.62. The number of nitrogens with two attached hydrogens (primary N) is 1. The molecular formula is C11H15BrClNO. The van der Waals surface area contributed by atoms with Gasteiger partial charge in [0.05, 0.1) is 4.47 Å². The van der Waals surface area contributed by atoms with E-state index < -0.39 is 0 Å². The first-order valence-electron chi connectivity index (χ1n) is 4.67. The molecule has 0 heterocycles. The van der Waals surface area contributed by atoms with E-state index in [-0.39, 0.29) is 17.2 Å². The SMILES string of the molecule is CC(C)(C)[C@H](N)c1cc(Cl)cc(Br)c1O. The van der Waals surface area contributed by atoms with E-state index in [9.17, 15) is 5.11 Å². The summed E-state index contributed by atoms with van der Waals surface area (Å²) in [7, 11) is 0. The summed E-state index contributed by atoms with van der Waals surface area (Å²) in [4.78, 5) is 0. The first-order chi connectivity index (χ1) is 6.73. The second kappa shape index (κ2) is 4.32. The molecule has 4 heteroatoms. The quantitative estimate of drug-likeness (QED) is 0.826. The Kier molecular flexibility index (Phi) is 3.69. The number of phenols is 1. The third-order valence-electron chi connectivity index (χ3n) is 2.33. The minimum atomic E-state index is -0.257. The monoisotopic (exact) mass is 291 g/mol. The first-order valence-corrected chi connectivity index (χ1v) is 5.84. The van der Waals surface area contributed by atoms with Crippen molar-refractivity contribution in [3.63, 3.8) is 0 Å². The minimum Gasteiger partial charge on any atom is -0.506 e. The summed E-state index contributed by atoms with van der Waals surface area (Å²) >= 11 is 9.16. The number of hydrogen-bond donors (Lipinski definition) is 2. The molecule has 0 aliphatic heterocycles. The number of rotatable bonds is 1. The van der Waals surface area contributed by atoms with E-state index in [1.165, 1.54) is 0 Å². The molecule has 3 N–H and O–H groups in total. The van der Waals surface area contributed by atoms with Crippen LogP contribution < -0.4 is 5.73 Å². The van der Waals surface area contributed by atoms with E-state index in [0.29, 0.717) is 15.1 Å². The van der Waals surface area contributed by atoms with Crippen LogP contribution in [0.25, 0.3) is 0 Å². The molecule has 0 saturated carbocycles. The average molecular weight is 293 g/mol. The van der Waals surface area contributed by atoms with Crippen LogP contribution in [0.3, 0.4) is 0 Å². The highest BCUT2D eigenvalue weighted by Crippen LogP contribution is 2.40. The molecule has 1 atom stereocenters. The van der Waals surface area contributed by atoms with E-state index in [2.05, 4.69) is 15.9 Å². The molecule has 0 saturated heterocycles. The van der Waals surface area contributed by atoms with Crippen molar-refractivity contribution in [3.05, 3.63) is 27.2 Å². The minimum absolute atomic E-state index is 0.123. The number of aromatic hydroxyl groups is 1. The highest BCUT2D eigenvalue weighted by atomic mass is 79.9. The summed E-state index contributed by atoms with van der Waals surface area (Å²) in [6.07, 6.45) is 0. The molecule has 0 amide bonds. The predicted octanol–water partition coefficient (Wildman–Crippen LogP) is 3.85. The summed E-state index contributed by atoms with van der Waals surface area (Å²) in [5.74, 6) is 0.168. The van der Waals surface area contributed by atoms with Crippen LogP contribution in [0.5, 0.6) is 5.75 Å². The zero-order valence-electron chi connectivity index (χ0n) is 9.01. The van der Waals surface area contributed by atoms with Crippen molar-refractivity contribution in [2.45, 2.75) is 26.8 Å². The molecule has 0 aliphatic rings. The number of halogens is 2. The van der Waals surface area contributed by atoms with Gasteiger partial charge in [-0.05, 0) is 33.5 Å². The second-order valence-corrected chi connectivity index (χ2v) is 5.96. The maximum absolute atomic E-state index is 9.87. The smallest absolute Gasteiger partial charge is 0.134 e. The fourth-order valence-electron chi connectivity index (χ4n) is 1.29. The third kappa shape index (κ3) is 2.86. The largest absolute Gasteiger partial charge is 0.506 e. The van der Waals surface area contributed by atoms with Gasteiger partial charge in [-0.25, -0.2) is 0 Å². The molecule has 15 heavy (non-hydrogen) atoms. The Hall–Kier alpha value is -0.250. The molecule has 0 unspecified atom stereocenters. The van der Waals surface area contributed by atoms with Crippen LogP contribution >= 0.6 is 27.5 Å². The van der Waals surface area contributed by atoms with E-state index in [1.807, 2.05) is 20.8 Å². The maximum atomic E-state index is 9.87. The van der Waals surface area contributed by atoms with Gasteiger partial charge in [-0.15, -0.1) is 0 Å². The summed E-state index contributed by atoms with van der Waals surface area (Å²) in [6.45, 7) is 6.06. The summed E-state index contributed by atoms with van der Waals surface area (Å²) < 4.78 is 0.574. The van der Waals surface area contributed by atoms with E-state index >= 15 is 0 Å². The lowest BCUT2D eigenvalue weighted by Gasteiger charge is -2.28. The van der Waals surface area contributed by atoms with Gasteiger partial charge in [-0.1, -0.05) is 32.4 Å². The van der Waals surface area contributed by atoms with Crippen molar-refractivity contribution >= 4 is 27.5 Å². The molecular weight excluding hydrogens is 277 g/mol. The molecule has 1 aromatic carbocycles. The van der Waals surface area contributed by atoms with Crippen LogP contribution in [-0.4, -0.2) is 5.11 Å². The number of hydrogen-bond acceptors (Lipinski definition) is 2. The van der Waals surface area contributed by atoms with Crippen molar-refractivity contribution in [1.82, 2.24) is 0 Å². The molecule has 0 bridgehead atoms. The lowest BCUT2D eigenvalue weighted by atomic mass is 9.83. The topological polar surface area (TPSA) is 46.2 Å². The molecule has 2 nitrogen and oxygen atoms in total. The Morgan fingerprint density at radius 2 is 1.93 bits per heavy atom. The molecule has 0 radical (unpaired) electrons. The second-order valence-electron chi connectivity index (χ2n) is 4.67. The molecule has 0 fully saturated rings. The normalized spacial score (nSPS) is 14.0. The Bertz CT molecular complexity index is 374. The van der Waals surface area contributed by atoms with Gasteiger partial charge in [0, 0.05) is 16.6 Å². The van der Waals surface area contributed by atoms with Crippen LogP contribution in [0.15, 0.2) is 16.6 Å². The lowest BCUT2D eigenvalue weighted by molar-refractivity contribution is 0.317. The molecule has 0 aliphatic carbocycles. The number of phenolic OH excluding ortho intramolecular Hbond substituents is 1. The van der Waals surface area contributed by atoms with Crippen molar-refractivity contribution in [1.29, 1.82) is 0 Å². The Morgan fingerprint density at radius 3 is 2.40 bits per heavy atom. The molecule has 84 valence electrons. The summed E-state index contributed by atoms with van der Waals surface area (Å²) in [6, 6.07) is 3.10. The number of benzene rings is 1. The van der Waals surface area contributed by atoms with Crippen molar-refractivity contribution in [2.24, 2.45) is 11.1 Å². The molecule has 1 aromatic rings. The van der Waals surface area contributed by atoms with Gasteiger partial charge >= 0.3 is 0 Å². The fourth-order valence-corrected chi connectivity index (χ4v) is 2.12. The molecule has 1 rings (SSSR count). The third-order valence-corrected chi connectivity index (χ3v) is 3.15. The summed E-state index contributed by atoms with van der Waals surface area (Å²) in [5, 5.41) is 10.4. The first kappa shape index (κ1) is 12.8. The van der Waals surface area contributed by atoms with E-state index in [0.717, 1.165) is 0 Å². The van der Waals surface area contributed by atoms with Crippen LogP contribution in [0.2, 0.25) is 5.02 Å². The zero-order chi connectivity index (χ0) is 11.8. The Labute approximate surface area is 104 Å². The Balaban J connectivity index is 3.25. The molecule has 0 spiro atoms. The highest BCUT2D eigenvalue weighted by molar-refractivity contribution is 9.10.